The smallest absolute Gasteiger partial charge is 0.331 e. The number of carbonyl (C=O) groups is 1. The second-order valence-corrected chi connectivity index (χ2v) is 2.99. The molecule has 0 aliphatic rings. The van der Waals surface area contributed by atoms with Crippen LogP contribution in [0.5, 0.6) is 0 Å². The predicted molar refractivity (Wildman–Crippen MR) is 73.6 cm³/mol. The number of benzene rings is 1. The second-order valence-electron chi connectivity index (χ2n) is 2.99. The van der Waals surface area contributed by atoms with Crippen molar-refractivity contribution in [1.29, 1.82) is 0 Å². The molecule has 1 aromatic carbocycles. The molecule has 0 N–H and O–H groups in total. The van der Waals surface area contributed by atoms with E-state index in [0.29, 0.717) is 6.61 Å². The zero-order valence-electron chi connectivity index (χ0n) is 10.6. The van der Waals surface area contributed by atoms with Crippen LogP contribution >= 0.6 is 0 Å². The highest BCUT2D eigenvalue weighted by Crippen LogP contribution is 1.93. The van der Waals surface area contributed by atoms with Gasteiger partial charge in [0.1, 0.15) is 0 Å². The van der Waals surface area contributed by atoms with Gasteiger partial charge in [-0.1, -0.05) is 30.0 Å². The van der Waals surface area contributed by atoms with Crippen LogP contribution in [0.3, 0.4) is 0 Å². The number of esters is 1. The third-order valence-corrected chi connectivity index (χ3v) is 1.67. The van der Waals surface area contributed by atoms with E-state index >= 15 is 0 Å². The van der Waals surface area contributed by atoms with Gasteiger partial charge in [-0.3, -0.25) is 0 Å². The standard InChI is InChI=1S/C8H10O2.C8H6/c1-3-5-6-7-8(9)10-4-2;1-2-8-6-4-3-5-7-8/h6-7H,4H2,1-2H3;1,3-7H/b7-6-;. The topological polar surface area (TPSA) is 26.3 Å². The molecule has 0 aliphatic carbocycles. The maximum absolute atomic E-state index is 10.5. The Labute approximate surface area is 109 Å². The van der Waals surface area contributed by atoms with E-state index in [-0.39, 0.29) is 5.97 Å². The molecule has 0 aromatic heterocycles. The zero-order valence-corrected chi connectivity index (χ0v) is 10.6. The van der Waals surface area contributed by atoms with Gasteiger partial charge in [0.15, 0.2) is 0 Å². The van der Waals surface area contributed by atoms with E-state index in [1.54, 1.807) is 13.8 Å². The number of terminal acetylenes is 1. The molecule has 1 aromatic rings. The normalized spacial score (nSPS) is 8.28. The maximum atomic E-state index is 10.5. The summed E-state index contributed by atoms with van der Waals surface area (Å²) in [5.41, 5.74) is 0.938. The van der Waals surface area contributed by atoms with Crippen molar-refractivity contribution in [3.63, 3.8) is 0 Å². The molecule has 0 saturated heterocycles. The molecule has 18 heavy (non-hydrogen) atoms. The lowest BCUT2D eigenvalue weighted by molar-refractivity contribution is -0.137. The molecular weight excluding hydrogens is 224 g/mol. The predicted octanol–water partition coefficient (Wildman–Crippen LogP) is 2.80. The van der Waals surface area contributed by atoms with Crippen molar-refractivity contribution in [1.82, 2.24) is 0 Å². The van der Waals surface area contributed by atoms with Gasteiger partial charge in [0, 0.05) is 11.6 Å². The molecule has 0 atom stereocenters. The van der Waals surface area contributed by atoms with Gasteiger partial charge in [0.05, 0.1) is 6.61 Å². The molecule has 2 heteroatoms. The fraction of sp³-hybridized carbons (Fsp3) is 0.188. The van der Waals surface area contributed by atoms with Crippen molar-refractivity contribution in [2.45, 2.75) is 13.8 Å². The molecular formula is C16H16O2. The third-order valence-electron chi connectivity index (χ3n) is 1.67. The molecule has 0 unspecified atom stereocenters. The second kappa shape index (κ2) is 11.0. The fourth-order valence-electron chi connectivity index (χ4n) is 0.918. The maximum Gasteiger partial charge on any atom is 0.331 e. The van der Waals surface area contributed by atoms with E-state index in [0.717, 1.165) is 5.56 Å². The molecule has 0 amide bonds. The van der Waals surface area contributed by atoms with Gasteiger partial charge in [0.2, 0.25) is 0 Å². The summed E-state index contributed by atoms with van der Waals surface area (Å²) in [5, 5.41) is 0. The minimum absolute atomic E-state index is 0.342. The van der Waals surface area contributed by atoms with E-state index in [1.807, 2.05) is 30.3 Å². The Morgan fingerprint density at radius 2 is 2.06 bits per heavy atom. The number of carbonyl (C=O) groups excluding carboxylic acids is 1. The largest absolute Gasteiger partial charge is 0.463 e. The van der Waals surface area contributed by atoms with Crippen LogP contribution in [-0.4, -0.2) is 12.6 Å². The van der Waals surface area contributed by atoms with Crippen molar-refractivity contribution in [2.75, 3.05) is 6.61 Å². The van der Waals surface area contributed by atoms with Crippen LogP contribution in [0.4, 0.5) is 0 Å². The van der Waals surface area contributed by atoms with Crippen molar-refractivity contribution in [2.24, 2.45) is 0 Å². The highest BCUT2D eigenvalue weighted by Gasteiger charge is 1.89. The number of hydrogen-bond acceptors (Lipinski definition) is 2. The Kier molecular flexibility index (Phi) is 9.54. The lowest BCUT2D eigenvalue weighted by atomic mass is 10.2. The first-order valence-corrected chi connectivity index (χ1v) is 5.51. The molecule has 0 saturated carbocycles. The van der Waals surface area contributed by atoms with E-state index in [1.165, 1.54) is 12.2 Å². The average molecular weight is 240 g/mol. The number of ether oxygens (including phenoxy) is 1. The van der Waals surface area contributed by atoms with Gasteiger partial charge in [-0.05, 0) is 32.1 Å². The summed E-state index contributed by atoms with van der Waals surface area (Å²) in [4.78, 5) is 10.5. The first-order valence-electron chi connectivity index (χ1n) is 5.51. The van der Waals surface area contributed by atoms with E-state index in [4.69, 9.17) is 6.42 Å². The Bertz CT molecular complexity index is 467. The summed E-state index contributed by atoms with van der Waals surface area (Å²) in [6.45, 7) is 3.87. The first-order chi connectivity index (χ1) is 8.74. The van der Waals surface area contributed by atoms with Gasteiger partial charge in [0.25, 0.3) is 0 Å². The average Bonchev–Trinajstić information content (AvgIpc) is 2.41. The highest BCUT2D eigenvalue weighted by atomic mass is 16.5. The molecule has 1 rings (SSSR count). The van der Waals surface area contributed by atoms with Crippen molar-refractivity contribution in [3.05, 3.63) is 48.0 Å². The van der Waals surface area contributed by atoms with Crippen LogP contribution in [0.15, 0.2) is 42.5 Å². The number of rotatable bonds is 2. The van der Waals surface area contributed by atoms with Crippen molar-refractivity contribution in [3.8, 4) is 24.2 Å². The van der Waals surface area contributed by atoms with Gasteiger partial charge >= 0.3 is 5.97 Å². The molecule has 0 fully saturated rings. The monoisotopic (exact) mass is 240 g/mol. The van der Waals surface area contributed by atoms with E-state index in [2.05, 4.69) is 22.5 Å². The molecule has 0 heterocycles. The summed E-state index contributed by atoms with van der Waals surface area (Å²) in [6, 6.07) is 9.60. The molecule has 92 valence electrons. The molecule has 0 aliphatic heterocycles. The van der Waals surface area contributed by atoms with Crippen LogP contribution in [0, 0.1) is 24.2 Å². The highest BCUT2D eigenvalue weighted by molar-refractivity contribution is 5.82. The van der Waals surface area contributed by atoms with Gasteiger partial charge < -0.3 is 4.74 Å². The summed E-state index contributed by atoms with van der Waals surface area (Å²) in [5.74, 6) is 7.41. The van der Waals surface area contributed by atoms with Gasteiger partial charge in [-0.15, -0.1) is 12.3 Å². The lowest BCUT2D eigenvalue weighted by Crippen LogP contribution is -1.98. The summed E-state index contributed by atoms with van der Waals surface area (Å²) in [7, 11) is 0. The van der Waals surface area contributed by atoms with E-state index < -0.39 is 0 Å². The summed E-state index contributed by atoms with van der Waals surface area (Å²) < 4.78 is 4.59. The number of hydrogen-bond donors (Lipinski definition) is 0. The van der Waals surface area contributed by atoms with Crippen LogP contribution in [-0.2, 0) is 9.53 Å². The molecule has 0 bridgehead atoms. The summed E-state index contributed by atoms with van der Waals surface area (Å²) in [6.07, 6.45) is 7.88. The van der Waals surface area contributed by atoms with Gasteiger partial charge in [-0.2, -0.15) is 0 Å². The molecule has 0 spiro atoms. The minimum atomic E-state index is -0.342. The fourth-order valence-corrected chi connectivity index (χ4v) is 0.918. The quantitative estimate of drug-likeness (QED) is 0.451. The Hall–Kier alpha value is -2.45. The van der Waals surface area contributed by atoms with E-state index in [9.17, 15) is 4.79 Å². The lowest BCUT2D eigenvalue weighted by Gasteiger charge is -1.91. The van der Waals surface area contributed by atoms with Crippen molar-refractivity contribution >= 4 is 5.97 Å². The Morgan fingerprint density at radius 1 is 1.39 bits per heavy atom. The third kappa shape index (κ3) is 8.83. The summed E-state index contributed by atoms with van der Waals surface area (Å²) >= 11 is 0. The van der Waals surface area contributed by atoms with Crippen LogP contribution in [0.1, 0.15) is 19.4 Å². The molecule has 2 nitrogen and oxygen atoms in total. The van der Waals surface area contributed by atoms with Crippen LogP contribution in [0.25, 0.3) is 0 Å². The minimum Gasteiger partial charge on any atom is -0.463 e. The Balaban J connectivity index is 0.000000327. The number of allylic oxidation sites excluding steroid dienone is 1. The Morgan fingerprint density at radius 3 is 2.50 bits per heavy atom. The molecule has 0 radical (unpaired) electrons. The van der Waals surface area contributed by atoms with Crippen LogP contribution in [0.2, 0.25) is 0 Å². The zero-order chi connectivity index (χ0) is 13.6. The van der Waals surface area contributed by atoms with Crippen LogP contribution < -0.4 is 0 Å². The first kappa shape index (κ1) is 15.6. The SMILES string of the molecule is C#Cc1ccccc1.CC#C/C=C\C(=O)OCC. The van der Waals surface area contributed by atoms with Gasteiger partial charge in [-0.25, -0.2) is 4.79 Å². The van der Waals surface area contributed by atoms with Crippen molar-refractivity contribution < 1.29 is 9.53 Å².